The van der Waals surface area contributed by atoms with Crippen molar-refractivity contribution < 1.29 is 4.74 Å². The van der Waals surface area contributed by atoms with E-state index in [1.54, 1.807) is 19.2 Å². The minimum absolute atomic E-state index is 0.501. The van der Waals surface area contributed by atoms with Crippen molar-refractivity contribution in [2.24, 2.45) is 0 Å². The van der Waals surface area contributed by atoms with Gasteiger partial charge in [-0.3, -0.25) is 0 Å². The first kappa shape index (κ1) is 16.8. The zero-order valence-electron chi connectivity index (χ0n) is 14.1. The first-order chi connectivity index (χ1) is 11.6. The summed E-state index contributed by atoms with van der Waals surface area (Å²) in [4.78, 5) is 9.06. The number of anilines is 3. The van der Waals surface area contributed by atoms with E-state index >= 15 is 0 Å². The molecule has 6 heteroatoms. The van der Waals surface area contributed by atoms with Crippen molar-refractivity contribution in [2.75, 3.05) is 17.7 Å². The Hall–Kier alpha value is -2.01. The maximum atomic E-state index is 6.08. The van der Waals surface area contributed by atoms with E-state index in [0.717, 1.165) is 17.2 Å². The van der Waals surface area contributed by atoms with Gasteiger partial charge in [0.15, 0.2) is 0 Å². The number of aromatic nitrogens is 2. The first-order valence-corrected chi connectivity index (χ1v) is 8.74. The molecule has 2 N–H and O–H groups in total. The van der Waals surface area contributed by atoms with Gasteiger partial charge < -0.3 is 15.4 Å². The van der Waals surface area contributed by atoms with Crippen LogP contribution in [0.2, 0.25) is 5.02 Å². The van der Waals surface area contributed by atoms with Gasteiger partial charge in [-0.05, 0) is 38.0 Å². The summed E-state index contributed by atoms with van der Waals surface area (Å²) in [5.41, 5.74) is 1.66. The first-order valence-electron chi connectivity index (χ1n) is 8.37. The van der Waals surface area contributed by atoms with Crippen molar-refractivity contribution in [3.8, 4) is 5.75 Å². The molecule has 0 spiro atoms. The average Bonchev–Trinajstić information content (AvgIpc) is 2.55. The zero-order chi connectivity index (χ0) is 16.9. The van der Waals surface area contributed by atoms with E-state index in [1.165, 1.54) is 32.1 Å². The molecule has 0 bridgehead atoms. The van der Waals surface area contributed by atoms with Crippen LogP contribution in [0.1, 0.15) is 37.8 Å². The predicted molar refractivity (Wildman–Crippen MR) is 98.6 cm³/mol. The Kier molecular flexibility index (Phi) is 5.41. The summed E-state index contributed by atoms with van der Waals surface area (Å²) in [6.07, 6.45) is 6.31. The van der Waals surface area contributed by atoms with Crippen LogP contribution in [0.4, 0.5) is 17.5 Å². The van der Waals surface area contributed by atoms with E-state index in [4.69, 9.17) is 16.3 Å². The fourth-order valence-electron chi connectivity index (χ4n) is 3.05. The van der Waals surface area contributed by atoms with Gasteiger partial charge in [-0.25, -0.2) is 4.98 Å². The van der Waals surface area contributed by atoms with E-state index in [1.807, 2.05) is 19.1 Å². The molecule has 1 aromatic heterocycles. The van der Waals surface area contributed by atoms with Crippen molar-refractivity contribution in [1.82, 2.24) is 9.97 Å². The van der Waals surface area contributed by atoms with Gasteiger partial charge in [0.2, 0.25) is 5.95 Å². The summed E-state index contributed by atoms with van der Waals surface area (Å²) in [5.74, 6) is 2.10. The smallest absolute Gasteiger partial charge is 0.229 e. The zero-order valence-corrected chi connectivity index (χ0v) is 14.9. The lowest BCUT2D eigenvalue weighted by atomic mass is 9.95. The van der Waals surface area contributed by atoms with Crippen LogP contribution in [0.25, 0.3) is 0 Å². The number of nitrogens with one attached hydrogen (secondary N) is 2. The Morgan fingerprint density at radius 2 is 1.92 bits per heavy atom. The second kappa shape index (κ2) is 7.71. The second-order valence-electron chi connectivity index (χ2n) is 6.17. The SMILES string of the molecule is COc1ccc(Cl)cc1Nc1nc(C)cc(NC2CCCCC2)n1. The van der Waals surface area contributed by atoms with Crippen molar-refractivity contribution in [2.45, 2.75) is 45.1 Å². The summed E-state index contributed by atoms with van der Waals surface area (Å²) in [6, 6.07) is 7.90. The van der Waals surface area contributed by atoms with E-state index in [9.17, 15) is 0 Å². The summed E-state index contributed by atoms with van der Waals surface area (Å²) in [5, 5.41) is 7.38. The maximum Gasteiger partial charge on any atom is 0.229 e. The highest BCUT2D eigenvalue weighted by Gasteiger charge is 2.14. The molecule has 3 rings (SSSR count). The molecule has 1 aliphatic carbocycles. The van der Waals surface area contributed by atoms with Crippen molar-refractivity contribution in [1.29, 1.82) is 0 Å². The lowest BCUT2D eigenvalue weighted by Crippen LogP contribution is -2.23. The largest absolute Gasteiger partial charge is 0.495 e. The molecule has 0 atom stereocenters. The number of halogens is 1. The summed E-state index contributed by atoms with van der Waals surface area (Å²) in [7, 11) is 1.63. The third-order valence-electron chi connectivity index (χ3n) is 4.22. The quantitative estimate of drug-likeness (QED) is 0.803. The highest BCUT2D eigenvalue weighted by Crippen LogP contribution is 2.30. The Labute approximate surface area is 147 Å². The van der Waals surface area contributed by atoms with Crippen LogP contribution in [0.5, 0.6) is 5.75 Å². The van der Waals surface area contributed by atoms with Crippen LogP contribution < -0.4 is 15.4 Å². The molecule has 128 valence electrons. The van der Waals surface area contributed by atoms with Crippen molar-refractivity contribution in [3.05, 3.63) is 35.0 Å². The minimum atomic E-state index is 0.501. The van der Waals surface area contributed by atoms with Gasteiger partial charge in [0, 0.05) is 22.8 Å². The fraction of sp³-hybridized carbons (Fsp3) is 0.444. The van der Waals surface area contributed by atoms with Crippen LogP contribution in [0.15, 0.2) is 24.3 Å². The lowest BCUT2D eigenvalue weighted by Gasteiger charge is -2.23. The molecule has 0 unspecified atom stereocenters. The summed E-state index contributed by atoms with van der Waals surface area (Å²) >= 11 is 6.08. The van der Waals surface area contributed by atoms with Crippen LogP contribution in [-0.2, 0) is 0 Å². The number of nitrogens with zero attached hydrogens (tertiary/aromatic N) is 2. The Morgan fingerprint density at radius 1 is 1.12 bits per heavy atom. The third-order valence-corrected chi connectivity index (χ3v) is 4.45. The van der Waals surface area contributed by atoms with Crippen molar-refractivity contribution in [3.63, 3.8) is 0 Å². The van der Waals surface area contributed by atoms with Gasteiger partial charge in [-0.15, -0.1) is 0 Å². The number of rotatable bonds is 5. The molecule has 0 saturated heterocycles. The van der Waals surface area contributed by atoms with Crippen LogP contribution in [-0.4, -0.2) is 23.1 Å². The Bertz CT molecular complexity index is 701. The van der Waals surface area contributed by atoms with Gasteiger partial charge in [0.1, 0.15) is 11.6 Å². The van der Waals surface area contributed by atoms with Gasteiger partial charge >= 0.3 is 0 Å². The molecule has 0 radical (unpaired) electrons. The van der Waals surface area contributed by atoms with E-state index in [-0.39, 0.29) is 0 Å². The highest BCUT2D eigenvalue weighted by atomic mass is 35.5. The maximum absolute atomic E-state index is 6.08. The number of ether oxygens (including phenoxy) is 1. The number of aryl methyl sites for hydroxylation is 1. The molecule has 1 aliphatic rings. The van der Waals surface area contributed by atoms with Gasteiger partial charge in [0.05, 0.1) is 12.8 Å². The average molecular weight is 347 g/mol. The van der Waals surface area contributed by atoms with E-state index in [2.05, 4.69) is 20.6 Å². The topological polar surface area (TPSA) is 59.1 Å². The summed E-state index contributed by atoms with van der Waals surface area (Å²) < 4.78 is 5.36. The van der Waals surface area contributed by atoms with Gasteiger partial charge in [-0.1, -0.05) is 30.9 Å². The molecule has 1 heterocycles. The fourth-order valence-corrected chi connectivity index (χ4v) is 3.22. The molecular weight excluding hydrogens is 324 g/mol. The number of hydrogen-bond donors (Lipinski definition) is 2. The Balaban J connectivity index is 1.79. The van der Waals surface area contributed by atoms with Crippen LogP contribution in [0, 0.1) is 6.92 Å². The molecule has 0 aliphatic heterocycles. The molecule has 1 aromatic carbocycles. The number of benzene rings is 1. The normalized spacial score (nSPS) is 15.1. The molecule has 24 heavy (non-hydrogen) atoms. The summed E-state index contributed by atoms with van der Waals surface area (Å²) in [6.45, 7) is 1.97. The third kappa shape index (κ3) is 4.29. The molecule has 2 aromatic rings. The monoisotopic (exact) mass is 346 g/mol. The molecule has 5 nitrogen and oxygen atoms in total. The van der Waals surface area contributed by atoms with Crippen molar-refractivity contribution >= 4 is 29.1 Å². The minimum Gasteiger partial charge on any atom is -0.495 e. The van der Waals surface area contributed by atoms with Gasteiger partial charge in [0.25, 0.3) is 0 Å². The van der Waals surface area contributed by atoms with E-state index < -0.39 is 0 Å². The van der Waals surface area contributed by atoms with E-state index in [0.29, 0.717) is 22.8 Å². The molecular formula is C18H23ClN4O. The Morgan fingerprint density at radius 3 is 2.67 bits per heavy atom. The molecule has 1 fully saturated rings. The van der Waals surface area contributed by atoms with Crippen LogP contribution in [0.3, 0.4) is 0 Å². The standard InChI is InChI=1S/C18H23ClN4O/c1-12-10-17(21-14-6-4-3-5-7-14)23-18(20-12)22-15-11-13(19)8-9-16(15)24-2/h8-11,14H,3-7H2,1-2H3,(H2,20,21,22,23). The van der Waals surface area contributed by atoms with Crippen LogP contribution >= 0.6 is 11.6 Å². The predicted octanol–water partition coefficient (Wildman–Crippen LogP) is 4.94. The highest BCUT2D eigenvalue weighted by molar-refractivity contribution is 6.31. The van der Waals surface area contributed by atoms with Gasteiger partial charge in [-0.2, -0.15) is 4.98 Å². The molecule has 0 amide bonds. The molecule has 1 saturated carbocycles. The number of methoxy groups -OCH3 is 1. The second-order valence-corrected chi connectivity index (χ2v) is 6.60. The lowest BCUT2D eigenvalue weighted by molar-refractivity contribution is 0.417. The number of hydrogen-bond acceptors (Lipinski definition) is 5.